The number of hydrogen-bond donors (Lipinski definition) is 1. The molecule has 6 nitrogen and oxygen atoms in total. The van der Waals surface area contributed by atoms with E-state index in [2.05, 4.69) is 16.5 Å². The van der Waals surface area contributed by atoms with Gasteiger partial charge in [-0.1, -0.05) is 18.3 Å². The number of aryl methyl sites for hydroxylation is 1. The average Bonchev–Trinajstić information content (AvgIpc) is 2.87. The van der Waals surface area contributed by atoms with Crippen molar-refractivity contribution in [2.24, 2.45) is 13.0 Å². The highest BCUT2D eigenvalue weighted by molar-refractivity contribution is 7.89. The van der Waals surface area contributed by atoms with Crippen LogP contribution < -0.4 is 9.60 Å². The molecule has 25 heavy (non-hydrogen) atoms. The van der Waals surface area contributed by atoms with Gasteiger partial charge >= 0.3 is 4.87 Å². The Kier molecular flexibility index (Phi) is 5.62. The second kappa shape index (κ2) is 7.57. The number of nitrogens with one attached hydrogen (secondary N) is 1. The van der Waals surface area contributed by atoms with E-state index in [0.717, 1.165) is 48.8 Å². The van der Waals surface area contributed by atoms with Gasteiger partial charge in [-0.05, 0) is 63.0 Å². The van der Waals surface area contributed by atoms with Crippen molar-refractivity contribution in [3.05, 3.63) is 27.9 Å². The van der Waals surface area contributed by atoms with E-state index in [0.29, 0.717) is 11.2 Å². The molecule has 1 aliphatic heterocycles. The van der Waals surface area contributed by atoms with Crippen molar-refractivity contribution < 1.29 is 8.42 Å². The van der Waals surface area contributed by atoms with Gasteiger partial charge < -0.3 is 9.47 Å². The molecule has 1 saturated heterocycles. The number of nitrogens with zero attached hydrogens (tertiary/aromatic N) is 2. The van der Waals surface area contributed by atoms with Crippen LogP contribution in [0.2, 0.25) is 0 Å². The highest BCUT2D eigenvalue weighted by Gasteiger charge is 2.17. The number of piperidine rings is 1. The lowest BCUT2D eigenvalue weighted by Gasteiger charge is -2.30. The van der Waals surface area contributed by atoms with Gasteiger partial charge in [0.2, 0.25) is 10.0 Å². The number of likely N-dealkylation sites (tertiary alicyclic amines) is 1. The maximum Gasteiger partial charge on any atom is 0.307 e. The summed E-state index contributed by atoms with van der Waals surface area (Å²) in [6, 6.07) is 4.83. The number of thiazole rings is 1. The van der Waals surface area contributed by atoms with Gasteiger partial charge in [0.15, 0.2) is 0 Å². The van der Waals surface area contributed by atoms with E-state index in [-0.39, 0.29) is 9.77 Å². The number of rotatable bonds is 6. The van der Waals surface area contributed by atoms with Crippen molar-refractivity contribution in [1.82, 2.24) is 14.2 Å². The highest BCUT2D eigenvalue weighted by Crippen LogP contribution is 2.21. The largest absolute Gasteiger partial charge is 0.307 e. The molecule has 3 rings (SSSR count). The maximum atomic E-state index is 12.5. The summed E-state index contributed by atoms with van der Waals surface area (Å²) in [5.74, 6) is 0.804. The lowest BCUT2D eigenvalue weighted by Crippen LogP contribution is -2.35. The van der Waals surface area contributed by atoms with Crippen molar-refractivity contribution in [2.75, 3.05) is 26.2 Å². The van der Waals surface area contributed by atoms with Crippen LogP contribution in [0.15, 0.2) is 27.9 Å². The topological polar surface area (TPSA) is 71.4 Å². The summed E-state index contributed by atoms with van der Waals surface area (Å²) in [7, 11) is -1.85. The van der Waals surface area contributed by atoms with E-state index in [1.807, 2.05) is 0 Å². The summed E-state index contributed by atoms with van der Waals surface area (Å²) >= 11 is 1.06. The van der Waals surface area contributed by atoms with Crippen molar-refractivity contribution in [3.63, 3.8) is 0 Å². The summed E-state index contributed by atoms with van der Waals surface area (Å²) < 4.78 is 29.8. The fraction of sp³-hybridized carbons (Fsp3) is 0.588. The van der Waals surface area contributed by atoms with Crippen LogP contribution in [0, 0.1) is 5.92 Å². The Hall–Kier alpha value is -1.22. The molecule has 0 saturated carbocycles. The van der Waals surface area contributed by atoms with Gasteiger partial charge in [0.1, 0.15) is 0 Å². The first-order chi connectivity index (χ1) is 11.9. The van der Waals surface area contributed by atoms with Crippen LogP contribution in [0.4, 0.5) is 0 Å². The Bertz CT molecular complexity index is 893. The Labute approximate surface area is 152 Å². The van der Waals surface area contributed by atoms with Crippen molar-refractivity contribution in [2.45, 2.75) is 31.1 Å². The van der Waals surface area contributed by atoms with Gasteiger partial charge in [0.05, 0.1) is 15.1 Å². The predicted molar refractivity (Wildman–Crippen MR) is 102 cm³/mol. The van der Waals surface area contributed by atoms with Crippen molar-refractivity contribution in [1.29, 1.82) is 0 Å². The average molecular weight is 384 g/mol. The SMILES string of the molecule is CC1CCN(CCCNS(=O)(=O)c2ccc3c(c2)sc(=O)n3C)CC1. The summed E-state index contributed by atoms with van der Waals surface area (Å²) in [6.07, 6.45) is 3.26. The first-order valence-corrected chi connectivity index (χ1v) is 11.0. The summed E-state index contributed by atoms with van der Waals surface area (Å²) in [5.41, 5.74) is 0.758. The minimum Gasteiger partial charge on any atom is -0.303 e. The molecule has 1 N–H and O–H groups in total. The zero-order valence-corrected chi connectivity index (χ0v) is 16.3. The number of aromatic nitrogens is 1. The molecule has 1 aromatic heterocycles. The first kappa shape index (κ1) is 18.6. The second-order valence-electron chi connectivity index (χ2n) is 6.83. The molecule has 0 aliphatic carbocycles. The zero-order valence-electron chi connectivity index (χ0n) is 14.7. The highest BCUT2D eigenvalue weighted by atomic mass is 32.2. The fourth-order valence-electron chi connectivity index (χ4n) is 3.16. The molecule has 0 unspecified atom stereocenters. The number of benzene rings is 1. The van der Waals surface area contributed by atoms with Crippen molar-refractivity contribution in [3.8, 4) is 0 Å². The second-order valence-corrected chi connectivity index (χ2v) is 9.59. The Morgan fingerprint density at radius 2 is 2.00 bits per heavy atom. The number of sulfonamides is 1. The van der Waals surface area contributed by atoms with Crippen LogP contribution in [0.3, 0.4) is 0 Å². The molecule has 8 heteroatoms. The standard InChI is InChI=1S/C17H25N3O3S2/c1-13-6-10-20(11-7-13)9-3-8-18-25(22,23)14-4-5-15-16(12-14)24-17(21)19(15)2/h4-5,12-13,18H,3,6-11H2,1-2H3. The molecule has 0 atom stereocenters. The van der Waals surface area contributed by atoms with Crippen molar-refractivity contribution >= 4 is 31.6 Å². The molecule has 0 bridgehead atoms. The molecule has 2 aromatic rings. The lowest BCUT2D eigenvalue weighted by atomic mass is 9.99. The third-order valence-corrected chi connectivity index (χ3v) is 7.35. The molecule has 0 radical (unpaired) electrons. The van der Waals surface area contributed by atoms with Crippen LogP contribution in [-0.4, -0.2) is 44.1 Å². The molecule has 1 aliphatic rings. The van der Waals surface area contributed by atoms with E-state index in [9.17, 15) is 13.2 Å². The Balaban J connectivity index is 1.57. The van der Waals surface area contributed by atoms with Crippen LogP contribution >= 0.6 is 11.3 Å². The first-order valence-electron chi connectivity index (χ1n) is 8.68. The van der Waals surface area contributed by atoms with Crippen LogP contribution in [0.25, 0.3) is 10.2 Å². The van der Waals surface area contributed by atoms with E-state index in [1.165, 1.54) is 17.4 Å². The molecular formula is C17H25N3O3S2. The molecule has 0 amide bonds. The van der Waals surface area contributed by atoms with Crippen LogP contribution in [-0.2, 0) is 17.1 Å². The third kappa shape index (κ3) is 4.31. The molecule has 0 spiro atoms. The molecule has 2 heterocycles. The van der Waals surface area contributed by atoms with Gasteiger partial charge in [-0.3, -0.25) is 4.79 Å². The summed E-state index contributed by atoms with van der Waals surface area (Å²) in [6.45, 7) is 5.85. The van der Waals surface area contributed by atoms with Crippen LogP contribution in [0.1, 0.15) is 26.2 Å². The quantitative estimate of drug-likeness (QED) is 0.775. The Morgan fingerprint density at radius 1 is 1.28 bits per heavy atom. The minimum absolute atomic E-state index is 0.0895. The van der Waals surface area contributed by atoms with Crippen LogP contribution in [0.5, 0.6) is 0 Å². The smallest absolute Gasteiger partial charge is 0.303 e. The Morgan fingerprint density at radius 3 is 2.72 bits per heavy atom. The fourth-order valence-corrected chi connectivity index (χ4v) is 5.25. The molecule has 138 valence electrons. The minimum atomic E-state index is -3.54. The van der Waals surface area contributed by atoms with E-state index in [4.69, 9.17) is 0 Å². The predicted octanol–water partition coefficient (Wildman–Crippen LogP) is 2.00. The van der Waals surface area contributed by atoms with E-state index < -0.39 is 10.0 Å². The molecular weight excluding hydrogens is 358 g/mol. The molecule has 1 aromatic carbocycles. The maximum absolute atomic E-state index is 12.5. The normalized spacial score (nSPS) is 17.4. The summed E-state index contributed by atoms with van der Waals surface area (Å²) in [4.78, 5) is 14.2. The lowest BCUT2D eigenvalue weighted by molar-refractivity contribution is 0.191. The monoisotopic (exact) mass is 383 g/mol. The number of fused-ring (bicyclic) bond motifs is 1. The van der Waals surface area contributed by atoms with Gasteiger partial charge in [-0.25, -0.2) is 13.1 Å². The zero-order chi connectivity index (χ0) is 18.0. The molecule has 1 fully saturated rings. The number of hydrogen-bond acceptors (Lipinski definition) is 5. The van der Waals surface area contributed by atoms with E-state index in [1.54, 1.807) is 25.2 Å². The summed E-state index contributed by atoms with van der Waals surface area (Å²) in [5, 5.41) is 0. The van der Waals surface area contributed by atoms with Gasteiger partial charge in [-0.15, -0.1) is 0 Å². The third-order valence-electron chi connectivity index (χ3n) is 4.89. The van der Waals surface area contributed by atoms with Gasteiger partial charge in [0, 0.05) is 13.6 Å². The van der Waals surface area contributed by atoms with Gasteiger partial charge in [-0.2, -0.15) is 0 Å². The van der Waals surface area contributed by atoms with Gasteiger partial charge in [0.25, 0.3) is 0 Å². The van der Waals surface area contributed by atoms with E-state index >= 15 is 0 Å².